The molecule has 152 valence electrons. The van der Waals surface area contributed by atoms with Crippen molar-refractivity contribution in [1.29, 1.82) is 0 Å². The Morgan fingerprint density at radius 3 is 2.54 bits per heavy atom. The van der Waals surface area contributed by atoms with Crippen LogP contribution >= 0.6 is 11.8 Å². The second-order valence-electron chi connectivity index (χ2n) is 6.74. The molecule has 0 aromatic heterocycles. The third kappa shape index (κ3) is 5.05. The summed E-state index contributed by atoms with van der Waals surface area (Å²) in [6, 6.07) is 6.82. The van der Waals surface area contributed by atoms with Gasteiger partial charge in [0.05, 0.1) is 18.1 Å². The van der Waals surface area contributed by atoms with Crippen LogP contribution in [0.15, 0.2) is 24.3 Å². The van der Waals surface area contributed by atoms with E-state index >= 15 is 0 Å². The van der Waals surface area contributed by atoms with Crippen LogP contribution in [0.25, 0.3) is 0 Å². The highest BCUT2D eigenvalue weighted by molar-refractivity contribution is 8.15. The summed E-state index contributed by atoms with van der Waals surface area (Å²) in [4.78, 5) is 37.6. The summed E-state index contributed by atoms with van der Waals surface area (Å²) in [5.41, 5.74) is 0.834. The zero-order valence-corrected chi connectivity index (χ0v) is 17.1. The van der Waals surface area contributed by atoms with E-state index in [1.165, 1.54) is 4.90 Å². The number of nitrogens with one attached hydrogen (secondary N) is 1. The third-order valence-corrected chi connectivity index (χ3v) is 7.42. The van der Waals surface area contributed by atoms with Gasteiger partial charge in [0.1, 0.15) is 11.0 Å². The minimum Gasteiger partial charge on any atom is -0.494 e. The first-order chi connectivity index (χ1) is 13.3. The smallest absolute Gasteiger partial charge is 0.286 e. The Kier molecular flexibility index (Phi) is 6.29. The first-order valence-corrected chi connectivity index (χ1v) is 11.7. The van der Waals surface area contributed by atoms with E-state index in [1.54, 1.807) is 12.1 Å². The molecule has 0 saturated carbocycles. The van der Waals surface area contributed by atoms with Crippen LogP contribution in [0.5, 0.6) is 5.75 Å². The van der Waals surface area contributed by atoms with Crippen molar-refractivity contribution >= 4 is 38.7 Å². The van der Waals surface area contributed by atoms with E-state index in [4.69, 9.17) is 4.74 Å². The van der Waals surface area contributed by atoms with Crippen LogP contribution in [0.2, 0.25) is 0 Å². The Balaban J connectivity index is 1.75. The average Bonchev–Trinajstić information content (AvgIpc) is 3.15. The molecule has 1 aromatic rings. The number of hydrogen-bond acceptors (Lipinski definition) is 7. The second kappa shape index (κ2) is 8.52. The maximum atomic E-state index is 12.9. The van der Waals surface area contributed by atoms with Gasteiger partial charge < -0.3 is 9.64 Å². The summed E-state index contributed by atoms with van der Waals surface area (Å²) < 4.78 is 29.2. The molecular formula is C18H22N2O6S2. The first-order valence-electron chi connectivity index (χ1n) is 9.00. The van der Waals surface area contributed by atoms with Crippen LogP contribution in [-0.4, -0.2) is 59.8 Å². The number of hydrogen-bond donors (Lipinski definition) is 1. The number of benzene rings is 1. The van der Waals surface area contributed by atoms with E-state index in [0.717, 1.165) is 17.3 Å². The number of rotatable bonds is 7. The Morgan fingerprint density at radius 2 is 2.00 bits per heavy atom. The molecule has 2 aliphatic heterocycles. The minimum absolute atomic E-state index is 0.0435. The van der Waals surface area contributed by atoms with E-state index < -0.39 is 32.3 Å². The molecule has 8 nitrogen and oxygen atoms in total. The zero-order valence-electron chi connectivity index (χ0n) is 15.4. The van der Waals surface area contributed by atoms with E-state index in [9.17, 15) is 22.8 Å². The molecule has 2 atom stereocenters. The average molecular weight is 427 g/mol. The first kappa shape index (κ1) is 20.7. The second-order valence-corrected chi connectivity index (χ2v) is 10.1. The Morgan fingerprint density at radius 1 is 1.29 bits per heavy atom. The van der Waals surface area contributed by atoms with Gasteiger partial charge in [-0.1, -0.05) is 23.9 Å². The van der Waals surface area contributed by atoms with Gasteiger partial charge in [-0.25, -0.2) is 8.42 Å². The van der Waals surface area contributed by atoms with Crippen molar-refractivity contribution in [3.05, 3.63) is 29.8 Å². The molecule has 1 aromatic carbocycles. The molecule has 2 unspecified atom stereocenters. The number of carbonyl (C=O) groups excluding carboxylic acids is 3. The topological polar surface area (TPSA) is 110 Å². The van der Waals surface area contributed by atoms with E-state index in [2.05, 4.69) is 5.32 Å². The molecule has 3 rings (SSSR count). The van der Waals surface area contributed by atoms with Crippen molar-refractivity contribution < 1.29 is 27.5 Å². The molecule has 0 spiro atoms. The zero-order chi connectivity index (χ0) is 20.3. The molecule has 0 radical (unpaired) electrons. The van der Waals surface area contributed by atoms with Crippen LogP contribution in [0, 0.1) is 0 Å². The summed E-state index contributed by atoms with van der Waals surface area (Å²) in [5, 5.41) is 0.921. The largest absolute Gasteiger partial charge is 0.494 e. The van der Waals surface area contributed by atoms with Gasteiger partial charge in [-0.05, 0) is 31.0 Å². The van der Waals surface area contributed by atoms with Crippen molar-refractivity contribution in [2.24, 2.45) is 0 Å². The van der Waals surface area contributed by atoms with Crippen LogP contribution in [0.1, 0.15) is 25.3 Å². The molecule has 2 fully saturated rings. The van der Waals surface area contributed by atoms with Crippen molar-refractivity contribution in [2.45, 2.75) is 37.6 Å². The van der Waals surface area contributed by atoms with Gasteiger partial charge in [-0.3, -0.25) is 19.7 Å². The lowest BCUT2D eigenvalue weighted by molar-refractivity contribution is -0.135. The molecule has 3 amide bonds. The van der Waals surface area contributed by atoms with Crippen LogP contribution in [-0.2, 0) is 26.0 Å². The molecule has 10 heteroatoms. The van der Waals surface area contributed by atoms with Crippen molar-refractivity contribution in [3.8, 4) is 5.75 Å². The van der Waals surface area contributed by atoms with Gasteiger partial charge in [0.2, 0.25) is 11.8 Å². The summed E-state index contributed by atoms with van der Waals surface area (Å²) in [6.45, 7) is 2.67. The highest BCUT2D eigenvalue weighted by Crippen LogP contribution is 2.26. The van der Waals surface area contributed by atoms with Gasteiger partial charge >= 0.3 is 0 Å². The Labute approximate surface area is 167 Å². The monoisotopic (exact) mass is 426 g/mol. The number of nitrogens with zero attached hydrogens (tertiary/aromatic N) is 1. The standard InChI is InChI=1S/C18H22N2O6S2/c1-2-26-14-5-3-12(4-6-14)10-20(13-7-8-28(24,25)11-13)16(21)9-15-17(22)19-18(23)27-15/h3-6,13,15H,2,7-11H2,1H3,(H,19,22,23). The fourth-order valence-electron chi connectivity index (χ4n) is 3.30. The lowest BCUT2D eigenvalue weighted by Crippen LogP contribution is -2.42. The Hall–Kier alpha value is -2.07. The van der Waals surface area contributed by atoms with Gasteiger partial charge in [-0.2, -0.15) is 0 Å². The quantitative estimate of drug-likeness (QED) is 0.701. The van der Waals surface area contributed by atoms with Gasteiger partial charge in [0.25, 0.3) is 5.24 Å². The van der Waals surface area contributed by atoms with Crippen molar-refractivity contribution in [3.63, 3.8) is 0 Å². The summed E-state index contributed by atoms with van der Waals surface area (Å²) in [5.74, 6) is -0.146. The van der Waals surface area contributed by atoms with Gasteiger partial charge in [-0.15, -0.1) is 0 Å². The Bertz CT molecular complexity index is 869. The molecule has 2 aliphatic rings. The lowest BCUT2D eigenvalue weighted by atomic mass is 10.1. The van der Waals surface area contributed by atoms with Crippen LogP contribution < -0.4 is 10.1 Å². The fourth-order valence-corrected chi connectivity index (χ4v) is 5.84. The molecule has 2 heterocycles. The van der Waals surface area contributed by atoms with Crippen LogP contribution in [0.4, 0.5) is 4.79 Å². The minimum atomic E-state index is -3.18. The van der Waals surface area contributed by atoms with Gasteiger partial charge in [0.15, 0.2) is 9.84 Å². The maximum Gasteiger partial charge on any atom is 0.286 e. The number of carbonyl (C=O) groups is 3. The van der Waals surface area contributed by atoms with E-state index in [0.29, 0.717) is 18.8 Å². The van der Waals surface area contributed by atoms with E-state index in [-0.39, 0.29) is 30.4 Å². The highest BCUT2D eigenvalue weighted by atomic mass is 32.2. The summed E-state index contributed by atoms with van der Waals surface area (Å²) >= 11 is 0.794. The SMILES string of the molecule is CCOc1ccc(CN(C(=O)CC2SC(=O)NC2=O)C2CCS(=O)(=O)C2)cc1. The molecule has 0 aliphatic carbocycles. The predicted octanol–water partition coefficient (Wildman–Crippen LogP) is 1.34. The number of sulfone groups is 1. The molecule has 28 heavy (non-hydrogen) atoms. The normalized spacial score (nSPS) is 23.5. The van der Waals surface area contributed by atoms with Gasteiger partial charge in [0, 0.05) is 19.0 Å². The molecule has 1 N–H and O–H groups in total. The maximum absolute atomic E-state index is 12.9. The highest BCUT2D eigenvalue weighted by Gasteiger charge is 2.38. The molecule has 2 saturated heterocycles. The van der Waals surface area contributed by atoms with Crippen molar-refractivity contribution in [2.75, 3.05) is 18.1 Å². The summed E-state index contributed by atoms with van der Waals surface area (Å²) in [6.07, 6.45) is 0.226. The summed E-state index contributed by atoms with van der Waals surface area (Å²) in [7, 11) is -3.18. The molecule has 0 bridgehead atoms. The number of amides is 3. The van der Waals surface area contributed by atoms with E-state index in [1.807, 2.05) is 19.1 Å². The number of imide groups is 1. The number of ether oxygens (including phenoxy) is 1. The van der Waals surface area contributed by atoms with Crippen LogP contribution in [0.3, 0.4) is 0 Å². The fraction of sp³-hybridized carbons (Fsp3) is 0.500. The lowest BCUT2D eigenvalue weighted by Gasteiger charge is -2.29. The predicted molar refractivity (Wildman–Crippen MR) is 105 cm³/mol. The number of thioether (sulfide) groups is 1. The third-order valence-electron chi connectivity index (χ3n) is 4.68. The molecular weight excluding hydrogens is 404 g/mol. The van der Waals surface area contributed by atoms with Crippen molar-refractivity contribution in [1.82, 2.24) is 10.2 Å².